The van der Waals surface area contributed by atoms with E-state index in [4.69, 9.17) is 20.7 Å². The lowest BCUT2D eigenvalue weighted by Crippen LogP contribution is -2.31. The number of urea groups is 1. The van der Waals surface area contributed by atoms with Crippen molar-refractivity contribution >= 4 is 34.3 Å². The molecule has 2 aromatic heterocycles. The number of aromatic nitrogens is 3. The average Bonchev–Trinajstić information content (AvgIpc) is 3.69. The van der Waals surface area contributed by atoms with Gasteiger partial charge in [0.15, 0.2) is 6.10 Å². The van der Waals surface area contributed by atoms with Gasteiger partial charge in [0.25, 0.3) is 0 Å². The standard InChI is InChI=1S/C27H34N6O2.C8H8O3/c1-4-35-26-8-6-5-7-25(26)33(27(28)34)22-9-10-24-23(15-22)21(17-30-24)12-14-29-13-11-20-16-31-32(18-20)19(2)3;9-7(8(10)11)6-4-2-1-3-5-6/h5-10,15-19,29-30H,4,11-14H2,1-3H3,(H2,28,34);1-5,7,9H,(H,10,11). The molecule has 3 aromatic carbocycles. The van der Waals surface area contributed by atoms with Gasteiger partial charge in [0.05, 0.1) is 24.2 Å². The van der Waals surface area contributed by atoms with E-state index < -0.39 is 18.1 Å². The number of aliphatic carboxylic acids is 1. The zero-order valence-electron chi connectivity index (χ0n) is 26.4. The third-order valence-electron chi connectivity index (χ3n) is 7.33. The molecule has 0 saturated heterocycles. The van der Waals surface area contributed by atoms with E-state index in [1.807, 2.05) is 66.5 Å². The number of hydrogen-bond donors (Lipinski definition) is 5. The summed E-state index contributed by atoms with van der Waals surface area (Å²) in [6.45, 7) is 8.40. The van der Waals surface area contributed by atoms with E-state index in [-0.39, 0.29) is 0 Å². The van der Waals surface area contributed by atoms with E-state index in [9.17, 15) is 9.59 Å². The fraction of sp³-hybridized carbons (Fsp3) is 0.286. The topological polar surface area (TPSA) is 159 Å². The van der Waals surface area contributed by atoms with Crippen LogP contribution in [0.25, 0.3) is 10.9 Å². The number of primary amides is 1. The Morgan fingerprint density at radius 3 is 2.43 bits per heavy atom. The van der Waals surface area contributed by atoms with E-state index in [2.05, 4.69) is 35.4 Å². The van der Waals surface area contributed by atoms with E-state index in [0.29, 0.717) is 35.3 Å². The van der Waals surface area contributed by atoms with Gasteiger partial charge in [-0.05, 0) is 93.7 Å². The number of para-hydroxylation sites is 2. The third kappa shape index (κ3) is 8.74. The molecule has 5 aromatic rings. The zero-order valence-corrected chi connectivity index (χ0v) is 26.4. The number of nitrogens with two attached hydrogens (primary N) is 1. The van der Waals surface area contributed by atoms with Crippen LogP contribution in [0.5, 0.6) is 5.75 Å². The molecular formula is C35H42N6O5. The van der Waals surface area contributed by atoms with Crippen LogP contribution in [0.2, 0.25) is 0 Å². The molecule has 0 aliphatic rings. The maximum atomic E-state index is 12.5. The predicted molar refractivity (Wildman–Crippen MR) is 180 cm³/mol. The Morgan fingerprint density at radius 2 is 1.76 bits per heavy atom. The molecule has 11 nitrogen and oxygen atoms in total. The van der Waals surface area contributed by atoms with Crippen molar-refractivity contribution in [3.05, 3.63) is 108 Å². The lowest BCUT2D eigenvalue weighted by Gasteiger charge is -2.23. The molecule has 1 unspecified atom stereocenters. The highest BCUT2D eigenvalue weighted by molar-refractivity contribution is 6.02. The summed E-state index contributed by atoms with van der Waals surface area (Å²) in [6, 6.07) is 21.4. The molecule has 0 bridgehead atoms. The second kappa shape index (κ2) is 16.3. The minimum Gasteiger partial charge on any atom is -0.492 e. The van der Waals surface area contributed by atoms with Gasteiger partial charge in [-0.3, -0.25) is 9.58 Å². The van der Waals surface area contributed by atoms with E-state index in [0.717, 1.165) is 36.8 Å². The first-order chi connectivity index (χ1) is 22.2. The number of carboxylic acids is 1. The highest BCUT2D eigenvalue weighted by Gasteiger charge is 2.20. The number of fused-ring (bicyclic) bond motifs is 1. The van der Waals surface area contributed by atoms with Gasteiger partial charge in [-0.15, -0.1) is 0 Å². The normalized spacial score (nSPS) is 11.6. The largest absolute Gasteiger partial charge is 0.492 e. The van der Waals surface area contributed by atoms with Crippen molar-refractivity contribution < 1.29 is 24.5 Å². The molecule has 6 N–H and O–H groups in total. The monoisotopic (exact) mass is 626 g/mol. The average molecular weight is 627 g/mol. The number of carbonyl (C=O) groups is 2. The maximum Gasteiger partial charge on any atom is 0.337 e. The second-order valence-electron chi connectivity index (χ2n) is 10.9. The van der Waals surface area contributed by atoms with Gasteiger partial charge in [-0.2, -0.15) is 5.10 Å². The summed E-state index contributed by atoms with van der Waals surface area (Å²) in [5.74, 6) is -0.609. The number of aromatic amines is 1. The molecule has 2 amide bonds. The molecule has 11 heteroatoms. The Bertz CT molecular complexity index is 1720. The highest BCUT2D eigenvalue weighted by atomic mass is 16.5. The van der Waals surface area contributed by atoms with Gasteiger partial charge in [0.2, 0.25) is 0 Å². The lowest BCUT2D eigenvalue weighted by atomic mass is 10.1. The molecule has 0 aliphatic heterocycles. The van der Waals surface area contributed by atoms with Crippen LogP contribution >= 0.6 is 0 Å². The molecule has 0 spiro atoms. The number of benzene rings is 3. The molecule has 0 saturated carbocycles. The van der Waals surface area contributed by atoms with Crippen LogP contribution in [0.15, 0.2) is 91.4 Å². The van der Waals surface area contributed by atoms with Gasteiger partial charge in [0.1, 0.15) is 5.75 Å². The molecule has 242 valence electrons. The Morgan fingerprint density at radius 1 is 1.04 bits per heavy atom. The number of hydrogen-bond acceptors (Lipinski definition) is 6. The molecule has 5 rings (SSSR count). The Balaban J connectivity index is 0.000000369. The van der Waals surface area contributed by atoms with Crippen molar-refractivity contribution in [3.8, 4) is 5.75 Å². The minimum atomic E-state index is -1.41. The third-order valence-corrected chi connectivity index (χ3v) is 7.33. The highest BCUT2D eigenvalue weighted by Crippen LogP contribution is 2.35. The number of nitrogens with one attached hydrogen (secondary N) is 2. The zero-order chi connectivity index (χ0) is 33.1. The van der Waals surface area contributed by atoms with Crippen LogP contribution < -0.4 is 20.7 Å². The Hall–Kier alpha value is -5.13. The van der Waals surface area contributed by atoms with Crippen LogP contribution in [-0.4, -0.2) is 56.7 Å². The van der Waals surface area contributed by atoms with Crippen molar-refractivity contribution in [2.24, 2.45) is 5.73 Å². The summed E-state index contributed by atoms with van der Waals surface area (Å²) in [6.07, 6.45) is 6.49. The fourth-order valence-corrected chi connectivity index (χ4v) is 4.96. The molecule has 0 fully saturated rings. The number of carbonyl (C=O) groups excluding carboxylic acids is 1. The summed E-state index contributed by atoms with van der Waals surface area (Å²) < 4.78 is 7.72. The van der Waals surface area contributed by atoms with E-state index in [1.165, 1.54) is 16.0 Å². The number of anilines is 2. The maximum absolute atomic E-state index is 12.5. The number of rotatable bonds is 13. The van der Waals surface area contributed by atoms with Crippen LogP contribution in [0.3, 0.4) is 0 Å². The summed E-state index contributed by atoms with van der Waals surface area (Å²) >= 11 is 0. The van der Waals surface area contributed by atoms with Crippen LogP contribution in [0, 0.1) is 0 Å². The summed E-state index contributed by atoms with van der Waals surface area (Å²) in [4.78, 5) is 27.6. The van der Waals surface area contributed by atoms with Gasteiger partial charge in [0, 0.05) is 29.3 Å². The van der Waals surface area contributed by atoms with Crippen molar-refractivity contribution in [1.82, 2.24) is 20.1 Å². The first kappa shape index (κ1) is 33.8. The number of H-pyrrole nitrogens is 1. The Labute approximate surface area is 268 Å². The quantitative estimate of drug-likeness (QED) is 0.104. The van der Waals surface area contributed by atoms with E-state index in [1.54, 1.807) is 30.3 Å². The van der Waals surface area contributed by atoms with Crippen LogP contribution in [0.4, 0.5) is 16.2 Å². The number of amides is 2. The Kier molecular flexibility index (Phi) is 11.9. The summed E-state index contributed by atoms with van der Waals surface area (Å²) in [5.41, 5.74) is 11.0. The number of nitrogens with zero attached hydrogens (tertiary/aromatic N) is 3. The lowest BCUT2D eigenvalue weighted by molar-refractivity contribution is -0.146. The fourth-order valence-electron chi connectivity index (χ4n) is 4.96. The van der Waals surface area contributed by atoms with Crippen molar-refractivity contribution in [3.63, 3.8) is 0 Å². The number of carboxylic acid groups (broad SMARTS) is 1. The van der Waals surface area contributed by atoms with Gasteiger partial charge in [-0.1, -0.05) is 42.5 Å². The van der Waals surface area contributed by atoms with Gasteiger partial charge < -0.3 is 31.0 Å². The predicted octanol–water partition coefficient (Wildman–Crippen LogP) is 5.74. The molecule has 0 aliphatic carbocycles. The molecular weight excluding hydrogens is 584 g/mol. The van der Waals surface area contributed by atoms with Crippen molar-refractivity contribution in [1.29, 1.82) is 0 Å². The number of aliphatic hydroxyl groups is 1. The molecule has 2 heterocycles. The van der Waals surface area contributed by atoms with Crippen molar-refractivity contribution in [2.45, 2.75) is 45.8 Å². The van der Waals surface area contributed by atoms with E-state index >= 15 is 0 Å². The molecule has 1 atom stereocenters. The van der Waals surface area contributed by atoms with Crippen LogP contribution in [-0.2, 0) is 17.6 Å². The SMILES string of the molecule is CCOc1ccccc1N(C(N)=O)c1ccc2[nH]cc(CCNCCc3cnn(C(C)C)c3)c2c1.O=C(O)C(O)c1ccccc1. The minimum absolute atomic E-state index is 0.376. The smallest absolute Gasteiger partial charge is 0.337 e. The number of ether oxygens (including phenoxy) is 1. The first-order valence-corrected chi connectivity index (χ1v) is 15.3. The summed E-state index contributed by atoms with van der Waals surface area (Å²) in [7, 11) is 0. The summed E-state index contributed by atoms with van der Waals surface area (Å²) in [5, 5.41) is 26.4. The molecule has 0 radical (unpaired) electrons. The van der Waals surface area contributed by atoms with Gasteiger partial charge >= 0.3 is 12.0 Å². The van der Waals surface area contributed by atoms with Crippen molar-refractivity contribution in [2.75, 3.05) is 24.6 Å². The van der Waals surface area contributed by atoms with Gasteiger partial charge in [-0.25, -0.2) is 9.59 Å². The first-order valence-electron chi connectivity index (χ1n) is 15.3. The molecule has 46 heavy (non-hydrogen) atoms. The second-order valence-corrected chi connectivity index (χ2v) is 10.9. The number of aliphatic hydroxyl groups excluding tert-OH is 1. The van der Waals surface area contributed by atoms with Crippen LogP contribution in [0.1, 0.15) is 49.6 Å².